The fourth-order valence-corrected chi connectivity index (χ4v) is 3.29. The van der Waals surface area contributed by atoms with E-state index in [1.165, 1.54) is 4.57 Å². The second-order valence-electron chi connectivity index (χ2n) is 6.79. The number of ether oxygens (including phenoxy) is 2. The molecule has 0 aliphatic rings. The lowest BCUT2D eigenvalue weighted by atomic mass is 10.1. The van der Waals surface area contributed by atoms with Gasteiger partial charge in [0.15, 0.2) is 0 Å². The second kappa shape index (κ2) is 8.94. The Hall–Kier alpha value is -3.42. The quantitative estimate of drug-likeness (QED) is 0.440. The molecule has 2 aromatic carbocycles. The van der Waals surface area contributed by atoms with Crippen LogP contribution in [0.4, 0.5) is 0 Å². The van der Waals surface area contributed by atoms with Gasteiger partial charge in [-0.05, 0) is 42.8 Å². The Morgan fingerprint density at radius 1 is 1.10 bits per heavy atom. The van der Waals surface area contributed by atoms with Crippen LogP contribution in [0.1, 0.15) is 12.5 Å². The molecule has 0 fully saturated rings. The van der Waals surface area contributed by atoms with Crippen molar-refractivity contribution in [3.05, 3.63) is 76.8 Å². The number of fused-ring (bicyclic) bond motifs is 1. The van der Waals surface area contributed by atoms with Gasteiger partial charge in [0.25, 0.3) is 0 Å². The number of aromatic nitrogens is 3. The second-order valence-corrected chi connectivity index (χ2v) is 6.79. The molecule has 154 valence electrons. The molecule has 0 aliphatic heterocycles. The van der Waals surface area contributed by atoms with Gasteiger partial charge in [-0.3, -0.25) is 4.57 Å². The molecule has 0 amide bonds. The number of rotatable bonds is 8. The van der Waals surface area contributed by atoms with Crippen molar-refractivity contribution in [1.82, 2.24) is 14.5 Å². The highest BCUT2D eigenvalue weighted by Gasteiger charge is 2.12. The van der Waals surface area contributed by atoms with Gasteiger partial charge in [0.1, 0.15) is 18.0 Å². The number of para-hydroxylation sites is 1. The van der Waals surface area contributed by atoms with Gasteiger partial charge < -0.3 is 20.2 Å². The summed E-state index contributed by atoms with van der Waals surface area (Å²) in [6.45, 7) is 4.06. The zero-order valence-corrected chi connectivity index (χ0v) is 16.8. The summed E-state index contributed by atoms with van der Waals surface area (Å²) >= 11 is 0. The molecule has 0 aliphatic carbocycles. The third kappa shape index (κ3) is 4.12. The van der Waals surface area contributed by atoms with E-state index < -0.39 is 0 Å². The van der Waals surface area contributed by atoms with Crippen LogP contribution in [0.3, 0.4) is 0 Å². The number of nitrogens with one attached hydrogen (secondary N) is 1. The predicted octanol–water partition coefficient (Wildman–Crippen LogP) is 3.25. The Morgan fingerprint density at radius 3 is 2.67 bits per heavy atom. The van der Waals surface area contributed by atoms with E-state index in [9.17, 15) is 4.79 Å². The molecular weight excluding hydrogens is 380 g/mol. The molecule has 0 radical (unpaired) electrons. The van der Waals surface area contributed by atoms with Crippen LogP contribution in [0.2, 0.25) is 0 Å². The minimum atomic E-state index is -0.349. The van der Waals surface area contributed by atoms with Crippen molar-refractivity contribution in [2.24, 2.45) is 5.73 Å². The number of hydrogen-bond donors (Lipinski definition) is 2. The summed E-state index contributed by atoms with van der Waals surface area (Å²) in [4.78, 5) is 20.0. The lowest BCUT2D eigenvalue weighted by Gasteiger charge is -2.10. The zero-order chi connectivity index (χ0) is 20.9. The third-order valence-electron chi connectivity index (χ3n) is 4.82. The highest BCUT2D eigenvalue weighted by Crippen LogP contribution is 2.31. The molecule has 2 heterocycles. The van der Waals surface area contributed by atoms with Crippen LogP contribution >= 0.6 is 0 Å². The summed E-state index contributed by atoms with van der Waals surface area (Å²) in [5, 5.41) is 0.830. The highest BCUT2D eigenvalue weighted by atomic mass is 16.5. The maximum atomic E-state index is 12.6. The molecule has 3 N–H and O–H groups in total. The fourth-order valence-electron chi connectivity index (χ4n) is 3.29. The van der Waals surface area contributed by atoms with Gasteiger partial charge in [-0.1, -0.05) is 24.3 Å². The van der Waals surface area contributed by atoms with Crippen molar-refractivity contribution in [3.63, 3.8) is 0 Å². The van der Waals surface area contributed by atoms with Crippen LogP contribution in [0.5, 0.6) is 5.75 Å². The normalized spacial score (nSPS) is 11.1. The van der Waals surface area contributed by atoms with Gasteiger partial charge in [0, 0.05) is 30.3 Å². The summed E-state index contributed by atoms with van der Waals surface area (Å²) in [5.74, 6) is 0.747. The lowest BCUT2D eigenvalue weighted by Crippen LogP contribution is -2.20. The molecule has 4 rings (SSSR count). The van der Waals surface area contributed by atoms with E-state index in [4.69, 9.17) is 15.2 Å². The van der Waals surface area contributed by atoms with Crippen molar-refractivity contribution >= 4 is 11.0 Å². The molecule has 0 spiro atoms. The van der Waals surface area contributed by atoms with Crippen LogP contribution in [0, 0.1) is 0 Å². The van der Waals surface area contributed by atoms with Crippen molar-refractivity contribution in [1.29, 1.82) is 0 Å². The number of nitrogens with zero attached hydrogens (tertiary/aromatic N) is 2. The van der Waals surface area contributed by atoms with Gasteiger partial charge in [-0.15, -0.1) is 0 Å². The van der Waals surface area contributed by atoms with E-state index in [-0.39, 0.29) is 5.69 Å². The fraction of sp³-hybridized carbons (Fsp3) is 0.217. The van der Waals surface area contributed by atoms with Gasteiger partial charge in [0.05, 0.1) is 18.0 Å². The van der Waals surface area contributed by atoms with Crippen molar-refractivity contribution in [3.8, 4) is 22.7 Å². The lowest BCUT2D eigenvalue weighted by molar-refractivity contribution is 0.110. The van der Waals surface area contributed by atoms with Crippen molar-refractivity contribution in [2.75, 3.05) is 19.8 Å². The Balaban J connectivity index is 1.68. The first kappa shape index (κ1) is 19.9. The molecular formula is C23H24N4O3. The largest absolute Gasteiger partial charge is 0.490 e. The number of nitrogens with two attached hydrogens (primary N) is 1. The molecule has 0 unspecified atom stereocenters. The number of H-pyrrole nitrogens is 1. The summed E-state index contributed by atoms with van der Waals surface area (Å²) in [5.41, 5.74) is 9.33. The minimum absolute atomic E-state index is 0.349. The molecule has 30 heavy (non-hydrogen) atoms. The predicted molar refractivity (Wildman–Crippen MR) is 117 cm³/mol. The smallest absolute Gasteiger partial charge is 0.354 e. The molecule has 0 saturated heterocycles. The molecule has 2 aromatic heterocycles. The molecule has 7 nitrogen and oxygen atoms in total. The summed E-state index contributed by atoms with van der Waals surface area (Å²) in [6, 6.07) is 17.3. The van der Waals surface area contributed by atoms with Crippen LogP contribution in [-0.2, 0) is 11.3 Å². The first-order valence-corrected chi connectivity index (χ1v) is 9.91. The summed E-state index contributed by atoms with van der Waals surface area (Å²) in [6.07, 6.45) is 1.79. The molecule has 0 saturated carbocycles. The Morgan fingerprint density at radius 2 is 1.90 bits per heavy atom. The van der Waals surface area contributed by atoms with E-state index in [1.807, 2.05) is 61.5 Å². The first-order chi connectivity index (χ1) is 14.7. The third-order valence-corrected chi connectivity index (χ3v) is 4.82. The molecule has 4 aromatic rings. The van der Waals surface area contributed by atoms with E-state index in [2.05, 4.69) is 9.97 Å². The van der Waals surface area contributed by atoms with Gasteiger partial charge in [-0.2, -0.15) is 4.98 Å². The van der Waals surface area contributed by atoms with Gasteiger partial charge in [0.2, 0.25) is 0 Å². The monoisotopic (exact) mass is 404 g/mol. The van der Waals surface area contributed by atoms with Crippen LogP contribution in [0.25, 0.3) is 28.0 Å². The van der Waals surface area contributed by atoms with Crippen LogP contribution < -0.4 is 16.2 Å². The highest BCUT2D eigenvalue weighted by molar-refractivity contribution is 5.84. The molecule has 0 bridgehead atoms. The van der Waals surface area contributed by atoms with Crippen LogP contribution in [0.15, 0.2) is 65.6 Å². The Kier molecular flexibility index (Phi) is 5.92. The first-order valence-electron chi connectivity index (χ1n) is 9.91. The topological polar surface area (TPSA) is 95.2 Å². The summed E-state index contributed by atoms with van der Waals surface area (Å²) < 4.78 is 12.8. The zero-order valence-electron chi connectivity index (χ0n) is 16.8. The van der Waals surface area contributed by atoms with Gasteiger partial charge >= 0.3 is 5.69 Å². The number of aromatic amines is 1. The van der Waals surface area contributed by atoms with Crippen molar-refractivity contribution < 1.29 is 9.47 Å². The minimum Gasteiger partial charge on any atom is -0.490 e. The van der Waals surface area contributed by atoms with E-state index >= 15 is 0 Å². The standard InChI is InChI=1S/C23H24N4O3/c1-2-29-11-12-30-21-6-4-3-5-19(21)20-13-17-15-27(23(28)26-22(17)25-20)18-9-7-16(14-24)8-10-18/h3-10,13,15H,2,11-12,14,24H2,1H3,(H,25,26,28). The van der Waals surface area contributed by atoms with E-state index in [1.54, 1.807) is 6.20 Å². The maximum Gasteiger partial charge on any atom is 0.354 e. The SMILES string of the molecule is CCOCCOc1ccccc1-c1cc2cn(-c3ccc(CN)cc3)c(=O)nc2[nH]1. The molecule has 7 heteroatoms. The summed E-state index contributed by atoms with van der Waals surface area (Å²) in [7, 11) is 0. The average Bonchev–Trinajstić information content (AvgIpc) is 3.19. The maximum absolute atomic E-state index is 12.6. The van der Waals surface area contributed by atoms with Crippen LogP contribution in [-0.4, -0.2) is 34.4 Å². The van der Waals surface area contributed by atoms with E-state index in [0.717, 1.165) is 33.6 Å². The van der Waals surface area contributed by atoms with Gasteiger partial charge in [-0.25, -0.2) is 4.79 Å². The number of hydrogen-bond acceptors (Lipinski definition) is 5. The number of benzene rings is 2. The van der Waals surface area contributed by atoms with Crippen molar-refractivity contribution in [2.45, 2.75) is 13.5 Å². The molecule has 0 atom stereocenters. The Labute approximate surface area is 174 Å². The van der Waals surface area contributed by atoms with E-state index in [0.29, 0.717) is 32.0 Å². The Bertz CT molecular complexity index is 1200. The average molecular weight is 404 g/mol.